The molecule has 1 heterocycles. The molecule has 0 atom stereocenters. The summed E-state index contributed by atoms with van der Waals surface area (Å²) in [5, 5.41) is 13.3. The number of carbonyl (C=O) groups is 1. The van der Waals surface area contributed by atoms with Crippen molar-refractivity contribution in [1.82, 2.24) is 5.32 Å². The molecule has 0 bridgehead atoms. The van der Waals surface area contributed by atoms with E-state index in [9.17, 15) is 28.1 Å². The quantitative estimate of drug-likeness (QED) is 0.670. The van der Waals surface area contributed by atoms with E-state index in [1.807, 2.05) is 0 Å². The summed E-state index contributed by atoms with van der Waals surface area (Å²) in [6, 6.07) is 1.76. The number of alkyl halides is 3. The number of rotatable bonds is 2. The third-order valence-corrected chi connectivity index (χ3v) is 3.42. The van der Waals surface area contributed by atoms with Crippen LogP contribution in [-0.2, 0) is 6.18 Å². The van der Waals surface area contributed by atoms with Crippen LogP contribution in [0.25, 0.3) is 0 Å². The smallest absolute Gasteiger partial charge is 0.301 e. The number of aliphatic imine (C=N–C) groups is 1. The van der Waals surface area contributed by atoms with Gasteiger partial charge in [-0.25, -0.2) is 0 Å². The van der Waals surface area contributed by atoms with Crippen molar-refractivity contribution in [3.8, 4) is 0 Å². The Hall–Kier alpha value is -2.10. The lowest BCUT2D eigenvalue weighted by molar-refractivity contribution is -0.385. The minimum absolute atomic E-state index is 0.292. The Kier molecular flexibility index (Phi) is 4.16. The maximum atomic E-state index is 12.7. The Morgan fingerprint density at radius 1 is 1.38 bits per heavy atom. The molecule has 0 radical (unpaired) electrons. The Morgan fingerprint density at radius 2 is 2.10 bits per heavy atom. The number of nitro groups is 1. The van der Waals surface area contributed by atoms with E-state index in [4.69, 9.17) is 0 Å². The van der Waals surface area contributed by atoms with Crippen molar-refractivity contribution in [1.29, 1.82) is 0 Å². The summed E-state index contributed by atoms with van der Waals surface area (Å²) in [5.41, 5.74) is -2.48. The number of thioether (sulfide) groups is 1. The Labute approximate surface area is 120 Å². The van der Waals surface area contributed by atoms with Crippen LogP contribution >= 0.6 is 11.8 Å². The first kappa shape index (κ1) is 15.3. The van der Waals surface area contributed by atoms with Crippen molar-refractivity contribution in [3.63, 3.8) is 0 Å². The van der Waals surface area contributed by atoms with Gasteiger partial charge in [-0.1, -0.05) is 11.8 Å². The maximum Gasteiger partial charge on any atom is 0.416 e. The lowest BCUT2D eigenvalue weighted by Crippen LogP contribution is -2.27. The van der Waals surface area contributed by atoms with Gasteiger partial charge in [0.2, 0.25) is 0 Å². The summed E-state index contributed by atoms with van der Waals surface area (Å²) in [6.07, 6.45) is -4.78. The summed E-state index contributed by atoms with van der Waals surface area (Å²) >= 11 is 1.25. The summed E-state index contributed by atoms with van der Waals surface area (Å²) in [6.45, 7) is 0.503. The lowest BCUT2D eigenvalue weighted by Gasteiger charge is -2.09. The highest BCUT2D eigenvalue weighted by atomic mass is 32.2. The van der Waals surface area contributed by atoms with Crippen molar-refractivity contribution in [2.45, 2.75) is 6.18 Å². The van der Waals surface area contributed by atoms with Crippen molar-refractivity contribution in [2.24, 2.45) is 4.99 Å². The maximum absolute atomic E-state index is 12.7. The number of non-ortho nitro benzene ring substituents is 1. The van der Waals surface area contributed by atoms with Crippen molar-refractivity contribution >= 4 is 28.5 Å². The molecule has 1 aliphatic rings. The zero-order valence-electron chi connectivity index (χ0n) is 10.3. The molecule has 0 aromatic heterocycles. The summed E-state index contributed by atoms with van der Waals surface area (Å²) in [4.78, 5) is 25.5. The van der Waals surface area contributed by atoms with Gasteiger partial charge in [-0.2, -0.15) is 13.2 Å². The summed E-state index contributed by atoms with van der Waals surface area (Å²) < 4.78 is 38.1. The number of nitro benzene ring substituents is 1. The molecule has 21 heavy (non-hydrogen) atoms. The van der Waals surface area contributed by atoms with Crippen LogP contribution < -0.4 is 5.32 Å². The molecule has 0 saturated heterocycles. The molecule has 1 amide bonds. The highest BCUT2D eigenvalue weighted by Crippen LogP contribution is 2.32. The van der Waals surface area contributed by atoms with Crippen LogP contribution in [0.15, 0.2) is 23.2 Å². The van der Waals surface area contributed by atoms with Crippen LogP contribution in [0.2, 0.25) is 0 Å². The molecular weight excluding hydrogens is 311 g/mol. The second-order valence-corrected chi connectivity index (χ2v) is 5.10. The number of nitrogens with one attached hydrogen (secondary N) is 1. The zero-order chi connectivity index (χ0) is 15.6. The molecule has 0 fully saturated rings. The highest BCUT2D eigenvalue weighted by Gasteiger charge is 2.33. The largest absolute Gasteiger partial charge is 0.416 e. The molecule has 0 aliphatic carbocycles. The number of amidine groups is 1. The van der Waals surface area contributed by atoms with E-state index in [-0.39, 0.29) is 0 Å². The van der Waals surface area contributed by atoms with Gasteiger partial charge in [0, 0.05) is 23.4 Å². The van der Waals surface area contributed by atoms with E-state index in [0.717, 1.165) is 6.07 Å². The molecule has 1 aliphatic heterocycles. The number of nitrogens with zero attached hydrogens (tertiary/aromatic N) is 2. The van der Waals surface area contributed by atoms with Gasteiger partial charge in [0.05, 0.1) is 17.0 Å². The lowest BCUT2D eigenvalue weighted by atomic mass is 10.1. The van der Waals surface area contributed by atoms with Crippen LogP contribution in [0.3, 0.4) is 0 Å². The number of hydrogen-bond donors (Lipinski definition) is 1. The third kappa shape index (κ3) is 3.72. The Morgan fingerprint density at radius 3 is 2.62 bits per heavy atom. The van der Waals surface area contributed by atoms with Gasteiger partial charge >= 0.3 is 6.18 Å². The first-order valence-electron chi connectivity index (χ1n) is 5.62. The number of benzene rings is 1. The molecule has 112 valence electrons. The van der Waals surface area contributed by atoms with E-state index in [2.05, 4.69) is 10.3 Å². The monoisotopic (exact) mass is 319 g/mol. The summed E-state index contributed by atoms with van der Waals surface area (Å²) in [5.74, 6) is -0.199. The molecule has 1 aromatic rings. The Balaban J connectivity index is 2.35. The molecular formula is C11H8F3N3O3S. The number of halogens is 3. The van der Waals surface area contributed by atoms with Gasteiger partial charge in [-0.15, -0.1) is 0 Å². The fraction of sp³-hybridized carbons (Fsp3) is 0.273. The topological polar surface area (TPSA) is 84.6 Å². The first-order valence-corrected chi connectivity index (χ1v) is 6.61. The fourth-order valence-electron chi connectivity index (χ4n) is 1.59. The van der Waals surface area contributed by atoms with Gasteiger partial charge in [0.1, 0.15) is 0 Å². The first-order chi connectivity index (χ1) is 9.77. The fourth-order valence-corrected chi connectivity index (χ4v) is 2.31. The van der Waals surface area contributed by atoms with E-state index < -0.39 is 33.8 Å². The SMILES string of the molecule is O=C(NC1=NCCS1)c1cc([N+](=O)[O-])cc(C(F)(F)F)c1. The summed E-state index contributed by atoms with van der Waals surface area (Å²) in [7, 11) is 0. The average molecular weight is 319 g/mol. The predicted octanol–water partition coefficient (Wildman–Crippen LogP) is 2.45. The van der Waals surface area contributed by atoms with Gasteiger partial charge in [0.25, 0.3) is 11.6 Å². The average Bonchev–Trinajstić information content (AvgIpc) is 2.90. The number of carbonyl (C=O) groups excluding carboxylic acids is 1. The molecule has 0 unspecified atom stereocenters. The third-order valence-electron chi connectivity index (χ3n) is 2.52. The van der Waals surface area contributed by atoms with Gasteiger partial charge in [-0.3, -0.25) is 19.9 Å². The normalized spacial score (nSPS) is 14.7. The second kappa shape index (κ2) is 5.72. The van der Waals surface area contributed by atoms with Crippen molar-refractivity contribution < 1.29 is 22.9 Å². The highest BCUT2D eigenvalue weighted by molar-refractivity contribution is 8.14. The van der Waals surface area contributed by atoms with Gasteiger partial charge in [0.15, 0.2) is 5.17 Å². The van der Waals surface area contributed by atoms with Crippen LogP contribution in [-0.4, -0.2) is 28.3 Å². The standard InChI is InChI=1S/C11H8F3N3O3S/c12-11(13,14)7-3-6(4-8(5-7)17(19)20)9(18)16-10-15-1-2-21-10/h3-5H,1-2H2,(H,15,16,18). The van der Waals surface area contributed by atoms with Crippen molar-refractivity contribution in [3.05, 3.63) is 39.4 Å². The molecule has 1 aromatic carbocycles. The van der Waals surface area contributed by atoms with Crippen LogP contribution in [0.4, 0.5) is 18.9 Å². The van der Waals surface area contributed by atoms with E-state index >= 15 is 0 Å². The van der Waals surface area contributed by atoms with E-state index in [1.54, 1.807) is 0 Å². The minimum atomic E-state index is -4.78. The van der Waals surface area contributed by atoms with Gasteiger partial charge in [-0.05, 0) is 6.07 Å². The molecule has 2 rings (SSSR count). The van der Waals surface area contributed by atoms with Crippen LogP contribution in [0.1, 0.15) is 15.9 Å². The van der Waals surface area contributed by atoms with E-state index in [1.165, 1.54) is 11.8 Å². The second-order valence-electron chi connectivity index (χ2n) is 4.01. The van der Waals surface area contributed by atoms with Crippen molar-refractivity contribution in [2.75, 3.05) is 12.3 Å². The predicted molar refractivity (Wildman–Crippen MR) is 70.3 cm³/mol. The van der Waals surface area contributed by atoms with E-state index in [0.29, 0.717) is 29.6 Å². The molecule has 1 N–H and O–H groups in total. The molecule has 10 heteroatoms. The Bertz CT molecular complexity index is 631. The van der Waals surface area contributed by atoms with Crippen LogP contribution in [0, 0.1) is 10.1 Å². The molecule has 0 spiro atoms. The van der Waals surface area contributed by atoms with Crippen LogP contribution in [0.5, 0.6) is 0 Å². The van der Waals surface area contributed by atoms with Gasteiger partial charge < -0.3 is 5.32 Å². The zero-order valence-corrected chi connectivity index (χ0v) is 11.1. The molecule has 0 saturated carbocycles. The number of amides is 1. The molecule has 6 nitrogen and oxygen atoms in total. The minimum Gasteiger partial charge on any atom is -0.301 e. The number of hydrogen-bond acceptors (Lipinski definition) is 5.